The van der Waals surface area contributed by atoms with Crippen molar-refractivity contribution in [3.05, 3.63) is 206 Å². The average Bonchev–Trinajstić information content (AvgIpc) is 1.66. The zero-order valence-electron chi connectivity index (χ0n) is 56.5. The molecular weight excluding hydrogens is 1350 g/mol. The van der Waals surface area contributed by atoms with Gasteiger partial charge >= 0.3 is 18.2 Å². The summed E-state index contributed by atoms with van der Waals surface area (Å²) < 4.78 is 28.5. The third kappa shape index (κ3) is 21.6. The molecule has 0 spiro atoms. The van der Waals surface area contributed by atoms with E-state index in [1.807, 2.05) is 205 Å². The Hall–Kier alpha value is -9.78. The fourth-order valence-electron chi connectivity index (χ4n) is 10.9. The molecule has 0 unspecified atom stereocenters. The van der Waals surface area contributed by atoms with Crippen molar-refractivity contribution < 1.29 is 57.6 Å². The number of benzene rings is 6. The quantitative estimate of drug-likeness (QED) is 0.0517. The first-order valence-electron chi connectivity index (χ1n) is 32.7. The number of carboxylic acids is 1. The number of nitrogens with zero attached hydrogens (tertiary/aromatic N) is 5. The zero-order chi connectivity index (χ0) is 71.5. The van der Waals surface area contributed by atoms with Gasteiger partial charge in [0.2, 0.25) is 5.24 Å². The summed E-state index contributed by atoms with van der Waals surface area (Å²) in [6.07, 6.45) is 5.47. The normalized spacial score (nSPS) is 14.3. The molecule has 9 aromatic rings. The lowest BCUT2D eigenvalue weighted by atomic mass is 9.98. The highest BCUT2D eigenvalue weighted by molar-refractivity contribution is 7.15. The molecule has 12 rings (SSSR count). The predicted octanol–water partition coefficient (Wildman–Crippen LogP) is 17.3. The number of amides is 4. The van der Waals surface area contributed by atoms with Crippen molar-refractivity contribution in [2.24, 2.45) is 11.5 Å². The molecule has 0 bridgehead atoms. The van der Waals surface area contributed by atoms with Gasteiger partial charge in [0, 0.05) is 60.6 Å². The Morgan fingerprint density at radius 3 is 1.01 bits per heavy atom. The van der Waals surface area contributed by atoms with Crippen molar-refractivity contribution >= 4 is 80.8 Å². The maximum atomic E-state index is 12.4. The van der Waals surface area contributed by atoms with E-state index in [0.29, 0.717) is 70.4 Å². The van der Waals surface area contributed by atoms with Crippen LogP contribution in [0.4, 0.5) is 9.59 Å². The summed E-state index contributed by atoms with van der Waals surface area (Å²) in [5.74, 6) is 3.12. The van der Waals surface area contributed by atoms with Crippen LogP contribution in [-0.2, 0) is 14.3 Å². The monoisotopic (exact) mass is 1430 g/mol. The number of ether oxygens (including phenoxy) is 5. The highest BCUT2D eigenvalue weighted by Gasteiger charge is 2.33. The number of carbonyl (C=O) groups excluding carboxylic acids is 5. The lowest BCUT2D eigenvalue weighted by Gasteiger charge is -2.32. The second-order valence-electron chi connectivity index (χ2n) is 25.6. The van der Waals surface area contributed by atoms with E-state index in [2.05, 4.69) is 11.9 Å². The number of likely N-dealkylation sites (tertiary alicyclic amines) is 2. The van der Waals surface area contributed by atoms with Crippen LogP contribution >= 0.6 is 45.6 Å². The number of piperidine rings is 3. The Morgan fingerprint density at radius 1 is 0.470 bits per heavy atom. The van der Waals surface area contributed by atoms with Crippen LogP contribution in [-0.4, -0.2) is 116 Å². The molecule has 0 aliphatic carbocycles. The van der Waals surface area contributed by atoms with Crippen molar-refractivity contribution in [3.63, 3.8) is 0 Å². The number of nitrogens with one attached hydrogen (secondary N) is 1. The van der Waals surface area contributed by atoms with Gasteiger partial charge in [-0.25, -0.2) is 29.3 Å². The van der Waals surface area contributed by atoms with Gasteiger partial charge in [-0.1, -0.05) is 61.2 Å². The molecule has 3 aliphatic heterocycles. The van der Waals surface area contributed by atoms with Crippen molar-refractivity contribution in [2.75, 3.05) is 39.3 Å². The number of carboxylic acid groups (broad SMARTS) is 1. The van der Waals surface area contributed by atoms with E-state index in [0.717, 1.165) is 112 Å². The minimum absolute atomic E-state index is 0.108. The van der Waals surface area contributed by atoms with Crippen LogP contribution in [0.25, 0.3) is 33.8 Å². The number of rotatable bonds is 16. The third-order valence-corrected chi connectivity index (χ3v) is 19.6. The molecule has 4 amide bonds. The standard InChI is InChI=1S/C26H29N3O4S.C26H28N2O5S.C21H21N3O2S.C3H3ClO/c1-26(2,3)33-25(31)29-15-13-18(14-16-29)24-28-21(22(34-24)23(27)30)17-9-11-20(12-10-17)32-19-7-5-4-6-8-19;1-26(2,3)33-25(31)28-15-13-18(14-16-28)23-27-21(22(34-23)24(29)30)17-9-11-20(12-10-17)32-19-7-5-4-6-8-19;22-20(25)19-18(24-21(27-19)15-10-12-23-13-11-15)14-6-8-17(9-7-14)26-16-4-2-1-3-5-16;1-2-3(4)5/h4-12,18H,13-16H2,1-3H3,(H2,27,30);4-12,18H,13-16H2,1-3H3,(H,29,30);1-9,15,23H,10-13H2,(H2,22,25);2H,1H2. The molecular formula is C76H81ClN8O12S3. The predicted molar refractivity (Wildman–Crippen MR) is 392 cm³/mol. The van der Waals surface area contributed by atoms with Crippen LogP contribution in [0.2, 0.25) is 0 Å². The van der Waals surface area contributed by atoms with Crippen LogP contribution in [0.3, 0.4) is 0 Å². The molecule has 24 heteroatoms. The number of hydrogen-bond acceptors (Lipinski definition) is 18. The lowest BCUT2D eigenvalue weighted by molar-refractivity contribution is -0.107. The van der Waals surface area contributed by atoms with Crippen molar-refractivity contribution in [1.29, 1.82) is 0 Å². The maximum absolute atomic E-state index is 12.4. The molecule has 0 radical (unpaired) electrons. The van der Waals surface area contributed by atoms with Crippen LogP contribution in [0.1, 0.15) is 142 Å². The number of primary amides is 2. The van der Waals surface area contributed by atoms with Crippen molar-refractivity contribution in [3.8, 4) is 68.3 Å². The summed E-state index contributed by atoms with van der Waals surface area (Å²) in [4.78, 5) is 89.2. The summed E-state index contributed by atoms with van der Waals surface area (Å²) in [7, 11) is 0. The molecule has 3 aromatic heterocycles. The number of thiazole rings is 3. The molecule has 3 saturated heterocycles. The summed E-state index contributed by atoms with van der Waals surface area (Å²) in [5.41, 5.74) is 14.4. The van der Waals surface area contributed by atoms with Gasteiger partial charge < -0.3 is 55.4 Å². The van der Waals surface area contributed by atoms with Gasteiger partial charge in [-0.3, -0.25) is 14.4 Å². The first-order valence-corrected chi connectivity index (χ1v) is 35.5. The number of aromatic carboxylic acids is 1. The van der Waals surface area contributed by atoms with Gasteiger partial charge in [-0.15, -0.1) is 34.0 Å². The second kappa shape index (κ2) is 34.8. The number of aromatic nitrogens is 3. The van der Waals surface area contributed by atoms with E-state index < -0.39 is 34.2 Å². The first kappa shape index (κ1) is 74.4. The number of carbonyl (C=O) groups is 6. The number of nitrogens with two attached hydrogens (primary N) is 2. The summed E-state index contributed by atoms with van der Waals surface area (Å²) >= 11 is 8.70. The van der Waals surface area contributed by atoms with Crippen LogP contribution in [0, 0.1) is 0 Å². The Balaban J connectivity index is 0.000000170. The molecule has 100 heavy (non-hydrogen) atoms. The smallest absolute Gasteiger partial charge is 0.410 e. The van der Waals surface area contributed by atoms with E-state index in [9.17, 15) is 33.9 Å². The van der Waals surface area contributed by atoms with Gasteiger partial charge in [0.15, 0.2) is 0 Å². The minimum atomic E-state index is -0.991. The van der Waals surface area contributed by atoms with Gasteiger partial charge in [0.1, 0.15) is 60.3 Å². The number of para-hydroxylation sites is 3. The largest absolute Gasteiger partial charge is 0.477 e. The third-order valence-electron chi connectivity index (χ3n) is 15.7. The van der Waals surface area contributed by atoms with Crippen molar-refractivity contribution in [1.82, 2.24) is 30.1 Å². The molecule has 6 N–H and O–H groups in total. The van der Waals surface area contributed by atoms with E-state index in [1.54, 1.807) is 9.80 Å². The Morgan fingerprint density at radius 2 is 0.740 bits per heavy atom. The SMILES string of the molecule is C=CC(=O)Cl.CC(C)(C)OC(=O)N1CCC(c2nc(-c3ccc(Oc4ccccc4)cc3)c(C(=O)O)s2)CC1.CC(C)(C)OC(=O)N1CCC(c2nc(-c3ccc(Oc4ccccc4)cc3)c(C(N)=O)s2)CC1.NC(=O)c1sc(C2CCNCC2)nc1-c1ccc(Oc2ccccc2)cc1. The van der Waals surface area contributed by atoms with E-state index in [-0.39, 0.29) is 28.9 Å². The fourth-order valence-corrected chi connectivity index (χ4v) is 14.2. The van der Waals surface area contributed by atoms with Gasteiger partial charge in [0.25, 0.3) is 11.8 Å². The first-order chi connectivity index (χ1) is 47.9. The Labute approximate surface area is 598 Å². The molecule has 3 fully saturated rings. The molecule has 0 saturated carbocycles. The number of hydrogen-bond donors (Lipinski definition) is 4. The molecule has 0 atom stereocenters. The van der Waals surface area contributed by atoms with Crippen molar-refractivity contribution in [2.45, 2.75) is 109 Å². The van der Waals surface area contributed by atoms with Gasteiger partial charge in [-0.05, 0) is 220 Å². The summed E-state index contributed by atoms with van der Waals surface area (Å²) in [6, 6.07) is 51.0. The minimum Gasteiger partial charge on any atom is -0.477 e. The molecule has 6 heterocycles. The van der Waals surface area contributed by atoms with E-state index in [1.165, 1.54) is 34.0 Å². The van der Waals surface area contributed by atoms with Crippen LogP contribution in [0.5, 0.6) is 34.5 Å². The highest BCUT2D eigenvalue weighted by atomic mass is 35.5. The number of halogens is 1. The Kier molecular flexibility index (Phi) is 25.9. The Bertz CT molecular complexity index is 4030. The molecule has 6 aromatic carbocycles. The molecule has 522 valence electrons. The second-order valence-corrected chi connectivity index (χ2v) is 29.0. The average molecular weight is 1430 g/mol. The maximum Gasteiger partial charge on any atom is 0.410 e. The zero-order valence-corrected chi connectivity index (χ0v) is 59.7. The summed E-state index contributed by atoms with van der Waals surface area (Å²) in [6.45, 7) is 18.5. The summed E-state index contributed by atoms with van der Waals surface area (Å²) in [5, 5.41) is 15.3. The van der Waals surface area contributed by atoms with Crippen LogP contribution < -0.4 is 31.0 Å². The van der Waals surface area contributed by atoms with Crippen LogP contribution in [0.15, 0.2) is 176 Å². The van der Waals surface area contributed by atoms with Gasteiger partial charge in [0.05, 0.1) is 32.1 Å². The van der Waals surface area contributed by atoms with E-state index >= 15 is 0 Å². The molecule has 3 aliphatic rings. The topological polar surface area (TPSA) is 278 Å². The molecule has 20 nitrogen and oxygen atoms in total. The highest BCUT2D eigenvalue weighted by Crippen LogP contribution is 2.41. The number of allylic oxidation sites excluding steroid dienone is 1. The fraction of sp³-hybridized carbons (Fsp3) is 0.303. The van der Waals surface area contributed by atoms with Gasteiger partial charge in [-0.2, -0.15) is 0 Å². The lowest BCUT2D eigenvalue weighted by Crippen LogP contribution is -2.41. The van der Waals surface area contributed by atoms with E-state index in [4.69, 9.17) is 61.7 Å².